The van der Waals surface area contributed by atoms with Crippen molar-refractivity contribution in [1.29, 1.82) is 0 Å². The van der Waals surface area contributed by atoms with Gasteiger partial charge in [-0.3, -0.25) is 15.0 Å². The van der Waals surface area contributed by atoms with Crippen molar-refractivity contribution in [2.45, 2.75) is 19.5 Å². The second-order valence-corrected chi connectivity index (χ2v) is 7.90. The molecule has 0 spiro atoms. The molecule has 156 valence electrons. The van der Waals surface area contributed by atoms with Crippen LogP contribution in [0, 0.1) is 5.82 Å². The van der Waals surface area contributed by atoms with E-state index in [1.807, 2.05) is 11.4 Å². The molecule has 1 aliphatic rings. The van der Waals surface area contributed by atoms with Crippen molar-refractivity contribution in [3.05, 3.63) is 70.0 Å². The van der Waals surface area contributed by atoms with E-state index in [0.717, 1.165) is 36.7 Å². The molecule has 8 heteroatoms. The minimum Gasteiger partial charge on any atom is -0.493 e. The Bertz CT molecular complexity index is 1050. The Morgan fingerprint density at radius 3 is 2.57 bits per heavy atom. The molecule has 0 atom stereocenters. The molecule has 0 saturated carbocycles. The highest BCUT2D eigenvalue weighted by Gasteiger charge is 2.20. The number of nitrogens with one attached hydrogen (secondary N) is 1. The second-order valence-electron chi connectivity index (χ2n) is 7.04. The molecular weight excluding hydrogens is 405 g/mol. The van der Waals surface area contributed by atoms with E-state index in [1.165, 1.54) is 46.7 Å². The number of carbonyl (C=O) groups excluding carboxylic acids is 1. The quantitative estimate of drug-likeness (QED) is 0.641. The normalized spacial score (nSPS) is 13.6. The first-order chi connectivity index (χ1) is 14.6. The van der Waals surface area contributed by atoms with Gasteiger partial charge in [-0.2, -0.15) is 0 Å². The molecule has 0 aliphatic carbocycles. The number of anilines is 1. The van der Waals surface area contributed by atoms with Crippen LogP contribution in [0.4, 0.5) is 9.52 Å². The standard InChI is InChI=1S/C22H22FN3O3S/c1-28-19-9-15-7-8-26(11-16(15)10-20(19)29-2)12-18-13-30-22(24-18)25-21(27)14-3-5-17(23)6-4-14/h3-6,9-10,13H,7-8,11-12H2,1-2H3,(H,24,25,27). The molecule has 2 aromatic carbocycles. The summed E-state index contributed by atoms with van der Waals surface area (Å²) in [5.41, 5.74) is 3.79. The number of hydrogen-bond donors (Lipinski definition) is 1. The van der Waals surface area contributed by atoms with E-state index in [1.54, 1.807) is 14.2 Å². The predicted octanol–water partition coefficient (Wildman–Crippen LogP) is 4.11. The van der Waals surface area contributed by atoms with Crippen LogP contribution in [0.15, 0.2) is 41.8 Å². The molecule has 0 fully saturated rings. The number of thiazole rings is 1. The van der Waals surface area contributed by atoms with Gasteiger partial charge < -0.3 is 9.47 Å². The summed E-state index contributed by atoms with van der Waals surface area (Å²) in [6, 6.07) is 9.52. The monoisotopic (exact) mass is 427 g/mol. The topological polar surface area (TPSA) is 63.7 Å². The first kappa shape index (κ1) is 20.3. The maximum Gasteiger partial charge on any atom is 0.257 e. The third kappa shape index (κ3) is 4.44. The van der Waals surface area contributed by atoms with E-state index < -0.39 is 0 Å². The first-order valence-electron chi connectivity index (χ1n) is 9.53. The van der Waals surface area contributed by atoms with E-state index >= 15 is 0 Å². The van der Waals surface area contributed by atoms with E-state index in [-0.39, 0.29) is 11.7 Å². The lowest BCUT2D eigenvalue weighted by molar-refractivity contribution is 0.102. The van der Waals surface area contributed by atoms with Gasteiger partial charge in [0.2, 0.25) is 0 Å². The third-order valence-corrected chi connectivity index (χ3v) is 5.87. The Kier molecular flexibility index (Phi) is 5.96. The van der Waals surface area contributed by atoms with Gasteiger partial charge in [0.1, 0.15) is 5.82 Å². The van der Waals surface area contributed by atoms with Crippen molar-refractivity contribution >= 4 is 22.4 Å². The summed E-state index contributed by atoms with van der Waals surface area (Å²) >= 11 is 1.38. The van der Waals surface area contributed by atoms with Gasteiger partial charge in [0.05, 0.1) is 19.9 Å². The van der Waals surface area contributed by atoms with Crippen LogP contribution in [0.25, 0.3) is 0 Å². The van der Waals surface area contributed by atoms with E-state index in [0.29, 0.717) is 17.2 Å². The fourth-order valence-corrected chi connectivity index (χ4v) is 4.21. The van der Waals surface area contributed by atoms with Crippen LogP contribution >= 0.6 is 11.3 Å². The smallest absolute Gasteiger partial charge is 0.257 e. The first-order valence-corrected chi connectivity index (χ1v) is 10.4. The van der Waals surface area contributed by atoms with E-state index in [2.05, 4.69) is 21.3 Å². The van der Waals surface area contributed by atoms with Crippen molar-refractivity contribution in [1.82, 2.24) is 9.88 Å². The highest BCUT2D eigenvalue weighted by atomic mass is 32.1. The van der Waals surface area contributed by atoms with Gasteiger partial charge in [-0.05, 0) is 53.9 Å². The lowest BCUT2D eigenvalue weighted by atomic mass is 9.98. The van der Waals surface area contributed by atoms with Gasteiger partial charge in [-0.15, -0.1) is 11.3 Å². The Labute approximate surface area is 178 Å². The summed E-state index contributed by atoms with van der Waals surface area (Å²) in [6.45, 7) is 2.40. The number of nitrogens with zero attached hydrogens (tertiary/aromatic N) is 2. The number of amides is 1. The van der Waals surface area contributed by atoms with Crippen LogP contribution in [-0.2, 0) is 19.5 Å². The zero-order valence-electron chi connectivity index (χ0n) is 16.8. The summed E-state index contributed by atoms with van der Waals surface area (Å²) in [4.78, 5) is 19.1. The molecular formula is C22H22FN3O3S. The van der Waals surface area contributed by atoms with Gasteiger partial charge in [-0.25, -0.2) is 9.37 Å². The summed E-state index contributed by atoms with van der Waals surface area (Å²) in [5, 5.41) is 5.26. The van der Waals surface area contributed by atoms with Gasteiger partial charge in [0, 0.05) is 30.6 Å². The van der Waals surface area contributed by atoms with Crippen LogP contribution in [0.5, 0.6) is 11.5 Å². The van der Waals surface area contributed by atoms with E-state index in [9.17, 15) is 9.18 Å². The molecule has 3 aromatic rings. The number of hydrogen-bond acceptors (Lipinski definition) is 6. The molecule has 0 unspecified atom stereocenters. The van der Waals surface area contributed by atoms with Crippen molar-refractivity contribution in [3.8, 4) is 11.5 Å². The van der Waals surface area contributed by atoms with Crippen molar-refractivity contribution in [2.24, 2.45) is 0 Å². The number of halogens is 1. The number of carbonyl (C=O) groups is 1. The summed E-state index contributed by atoms with van der Waals surface area (Å²) in [6.07, 6.45) is 0.925. The molecule has 1 N–H and O–H groups in total. The minimum atomic E-state index is -0.373. The SMILES string of the molecule is COc1cc2c(cc1OC)CN(Cc1csc(NC(=O)c3ccc(F)cc3)n1)CC2. The Hall–Kier alpha value is -2.97. The van der Waals surface area contributed by atoms with Crippen LogP contribution < -0.4 is 14.8 Å². The highest BCUT2D eigenvalue weighted by Crippen LogP contribution is 2.33. The molecule has 2 heterocycles. The average Bonchev–Trinajstić information content (AvgIpc) is 3.19. The van der Waals surface area contributed by atoms with Crippen LogP contribution in [0.3, 0.4) is 0 Å². The molecule has 1 aromatic heterocycles. The molecule has 4 rings (SSSR count). The van der Waals surface area contributed by atoms with Crippen LogP contribution in [0.1, 0.15) is 27.2 Å². The number of rotatable bonds is 6. The zero-order chi connectivity index (χ0) is 21.1. The number of ether oxygens (including phenoxy) is 2. The van der Waals surface area contributed by atoms with Crippen LogP contribution in [-0.4, -0.2) is 36.6 Å². The summed E-state index contributed by atoms with van der Waals surface area (Å²) < 4.78 is 23.8. The lowest BCUT2D eigenvalue weighted by Crippen LogP contribution is -2.30. The number of benzene rings is 2. The predicted molar refractivity (Wildman–Crippen MR) is 114 cm³/mol. The fraction of sp³-hybridized carbons (Fsp3) is 0.273. The van der Waals surface area contributed by atoms with Crippen molar-refractivity contribution in [3.63, 3.8) is 0 Å². The minimum absolute atomic E-state index is 0.302. The molecule has 0 radical (unpaired) electrons. The maximum absolute atomic E-state index is 13.0. The average molecular weight is 428 g/mol. The second kappa shape index (κ2) is 8.81. The highest BCUT2D eigenvalue weighted by molar-refractivity contribution is 7.13. The largest absolute Gasteiger partial charge is 0.493 e. The summed E-state index contributed by atoms with van der Waals surface area (Å²) in [5.74, 6) is 0.814. The van der Waals surface area contributed by atoms with Crippen molar-refractivity contribution < 1.29 is 18.7 Å². The Morgan fingerprint density at radius 1 is 1.17 bits per heavy atom. The Morgan fingerprint density at radius 2 is 1.87 bits per heavy atom. The Balaban J connectivity index is 1.39. The van der Waals surface area contributed by atoms with Gasteiger partial charge >= 0.3 is 0 Å². The van der Waals surface area contributed by atoms with E-state index in [4.69, 9.17) is 9.47 Å². The molecule has 1 aliphatic heterocycles. The van der Waals surface area contributed by atoms with Crippen LogP contribution in [0.2, 0.25) is 0 Å². The number of methoxy groups -OCH3 is 2. The summed E-state index contributed by atoms with van der Waals surface area (Å²) in [7, 11) is 3.29. The van der Waals surface area contributed by atoms with Gasteiger partial charge in [-0.1, -0.05) is 0 Å². The molecule has 6 nitrogen and oxygen atoms in total. The number of aromatic nitrogens is 1. The number of fused-ring (bicyclic) bond motifs is 1. The van der Waals surface area contributed by atoms with Gasteiger partial charge in [0.25, 0.3) is 5.91 Å². The molecule has 1 amide bonds. The zero-order valence-corrected chi connectivity index (χ0v) is 17.6. The van der Waals surface area contributed by atoms with Gasteiger partial charge in [0.15, 0.2) is 16.6 Å². The third-order valence-electron chi connectivity index (χ3n) is 5.06. The maximum atomic E-state index is 13.0. The molecule has 0 saturated heterocycles. The molecule has 30 heavy (non-hydrogen) atoms. The fourth-order valence-electron chi connectivity index (χ4n) is 3.51. The molecule has 0 bridgehead atoms. The lowest BCUT2D eigenvalue weighted by Gasteiger charge is -2.29. The van der Waals surface area contributed by atoms with Crippen molar-refractivity contribution in [2.75, 3.05) is 26.1 Å².